The quantitative estimate of drug-likeness (QED) is 0.824. The highest BCUT2D eigenvalue weighted by molar-refractivity contribution is 8.29. The lowest BCUT2D eigenvalue weighted by Gasteiger charge is -2.27. The van der Waals surface area contributed by atoms with Crippen molar-refractivity contribution >= 4 is 21.9 Å². The van der Waals surface area contributed by atoms with E-state index in [1.54, 1.807) is 6.20 Å². The largest absolute Gasteiger partial charge is 0.382 e. The molecule has 0 aromatic carbocycles. The predicted molar refractivity (Wildman–Crippen MR) is 76.6 cm³/mol. The zero-order valence-electron chi connectivity index (χ0n) is 10.8. The summed E-state index contributed by atoms with van der Waals surface area (Å²) in [5, 5.41) is 11.7. The van der Waals surface area contributed by atoms with Crippen LogP contribution in [0.4, 0.5) is 5.82 Å². The Morgan fingerprint density at radius 1 is 1.50 bits per heavy atom. The van der Waals surface area contributed by atoms with Gasteiger partial charge >= 0.3 is 0 Å². The number of imidazole rings is 1. The maximum Gasteiger partial charge on any atom is 0.162 e. The minimum absolute atomic E-state index is 0.253. The molecule has 1 fully saturated rings. The molecule has 1 aromatic rings. The molecule has 1 N–H and O–H groups in total. The Labute approximate surface area is 111 Å². The summed E-state index contributed by atoms with van der Waals surface area (Å²) in [5.41, 5.74) is -0.253. The average molecular weight is 267 g/mol. The van der Waals surface area contributed by atoms with Crippen molar-refractivity contribution in [1.29, 1.82) is 0 Å². The maximum atomic E-state index is 10.6. The third kappa shape index (κ3) is 2.10. The lowest BCUT2D eigenvalue weighted by Crippen LogP contribution is -2.18. The van der Waals surface area contributed by atoms with Gasteiger partial charge in [0.05, 0.1) is 11.2 Å². The molecule has 0 bridgehead atoms. The zero-order chi connectivity index (χ0) is 12.5. The molecule has 18 heavy (non-hydrogen) atoms. The fourth-order valence-electron chi connectivity index (χ4n) is 3.04. The second-order valence-electron chi connectivity index (χ2n) is 5.19. The van der Waals surface area contributed by atoms with Crippen LogP contribution in [-0.4, -0.2) is 24.5 Å². The first-order chi connectivity index (χ1) is 8.79. The molecule has 4 nitrogen and oxygen atoms in total. The molecule has 2 unspecified atom stereocenters. The van der Waals surface area contributed by atoms with Crippen molar-refractivity contribution in [3.63, 3.8) is 0 Å². The molecular weight excluding hydrogens is 246 g/mol. The lowest BCUT2D eigenvalue weighted by atomic mass is 10.1. The normalized spacial score (nSPS) is 27.2. The molecule has 2 heterocycles. The standard InChI is InChI=1S/C13H21N3OS/c1-2-12-15-11-8-14-9-16(11)18(12)13(17)7-10-5-3-4-6-10/h8-10,13,17-18H,2-7H2,1H3. The van der Waals surface area contributed by atoms with Gasteiger partial charge in [-0.15, -0.1) is 11.1 Å². The van der Waals surface area contributed by atoms with Crippen LogP contribution in [0, 0.1) is 5.92 Å². The van der Waals surface area contributed by atoms with Gasteiger partial charge in [-0.3, -0.25) is 3.97 Å². The van der Waals surface area contributed by atoms with Crippen molar-refractivity contribution in [3.05, 3.63) is 12.5 Å². The monoisotopic (exact) mass is 267 g/mol. The lowest BCUT2D eigenvalue weighted by molar-refractivity contribution is 0.223. The second-order valence-corrected chi connectivity index (χ2v) is 7.42. The highest BCUT2D eigenvalue weighted by Gasteiger charge is 2.30. The highest BCUT2D eigenvalue weighted by atomic mass is 32.2. The van der Waals surface area contributed by atoms with Crippen molar-refractivity contribution in [2.75, 3.05) is 0 Å². The molecule has 5 heteroatoms. The Balaban J connectivity index is 1.76. The molecule has 1 aromatic heterocycles. The van der Waals surface area contributed by atoms with Gasteiger partial charge in [-0.2, -0.15) is 0 Å². The van der Waals surface area contributed by atoms with Gasteiger partial charge in [0.1, 0.15) is 11.8 Å². The van der Waals surface area contributed by atoms with E-state index in [9.17, 15) is 5.11 Å². The number of hydrogen-bond donors (Lipinski definition) is 2. The van der Waals surface area contributed by atoms with Gasteiger partial charge in [0.15, 0.2) is 5.82 Å². The topological polar surface area (TPSA) is 50.4 Å². The summed E-state index contributed by atoms with van der Waals surface area (Å²) >= 11 is -0.705. The second kappa shape index (κ2) is 5.05. The Hall–Kier alpha value is -0.810. The fraction of sp³-hybridized carbons (Fsp3) is 0.692. The van der Waals surface area contributed by atoms with Crippen LogP contribution in [0.3, 0.4) is 0 Å². The van der Waals surface area contributed by atoms with E-state index in [1.165, 1.54) is 25.7 Å². The molecular formula is C13H21N3OS. The minimum atomic E-state index is -0.705. The van der Waals surface area contributed by atoms with Crippen molar-refractivity contribution in [2.45, 2.75) is 50.9 Å². The van der Waals surface area contributed by atoms with E-state index in [2.05, 4.69) is 20.9 Å². The summed E-state index contributed by atoms with van der Waals surface area (Å²) in [7, 11) is 0. The van der Waals surface area contributed by atoms with Crippen LogP contribution in [0.25, 0.3) is 0 Å². The molecule has 1 aliphatic carbocycles. The van der Waals surface area contributed by atoms with Crippen molar-refractivity contribution in [2.24, 2.45) is 10.9 Å². The van der Waals surface area contributed by atoms with Crippen LogP contribution < -0.4 is 0 Å². The maximum absolute atomic E-state index is 10.6. The fourth-order valence-corrected chi connectivity index (χ4v) is 5.43. The molecule has 1 saturated carbocycles. The van der Waals surface area contributed by atoms with Gasteiger partial charge in [0.2, 0.25) is 0 Å². The molecule has 3 rings (SSSR count). The van der Waals surface area contributed by atoms with E-state index in [1.807, 2.05) is 6.33 Å². The van der Waals surface area contributed by atoms with Crippen LogP contribution in [0.2, 0.25) is 0 Å². The van der Waals surface area contributed by atoms with Crippen LogP contribution in [0.1, 0.15) is 45.4 Å². The van der Waals surface area contributed by atoms with Crippen LogP contribution in [0.15, 0.2) is 17.5 Å². The van der Waals surface area contributed by atoms with Gasteiger partial charge in [0, 0.05) is 0 Å². The van der Waals surface area contributed by atoms with E-state index in [4.69, 9.17) is 0 Å². The summed E-state index contributed by atoms with van der Waals surface area (Å²) in [6, 6.07) is 0. The Kier molecular flexibility index (Phi) is 3.43. The number of thiol groups is 1. The molecule has 1 aliphatic heterocycles. The Morgan fingerprint density at radius 2 is 2.28 bits per heavy atom. The molecule has 0 radical (unpaired) electrons. The third-order valence-electron chi connectivity index (χ3n) is 3.96. The van der Waals surface area contributed by atoms with Gasteiger partial charge in [-0.1, -0.05) is 32.6 Å². The molecule has 0 amide bonds. The number of aliphatic hydroxyl groups is 1. The first-order valence-electron chi connectivity index (χ1n) is 6.87. The van der Waals surface area contributed by atoms with Crippen LogP contribution in [-0.2, 0) is 0 Å². The summed E-state index contributed by atoms with van der Waals surface area (Å²) in [6.07, 6.45) is 10.7. The molecule has 0 spiro atoms. The van der Waals surface area contributed by atoms with Gasteiger partial charge in [0.25, 0.3) is 0 Å². The average Bonchev–Trinajstić information content (AvgIpc) is 3.02. The third-order valence-corrected chi connectivity index (χ3v) is 6.45. The van der Waals surface area contributed by atoms with E-state index < -0.39 is 11.1 Å². The summed E-state index contributed by atoms with van der Waals surface area (Å²) in [4.78, 5) is 8.73. The summed E-state index contributed by atoms with van der Waals surface area (Å²) in [6.45, 7) is 2.12. The number of rotatable bonds is 4. The van der Waals surface area contributed by atoms with Crippen molar-refractivity contribution < 1.29 is 5.11 Å². The van der Waals surface area contributed by atoms with E-state index in [0.29, 0.717) is 5.92 Å². The number of aliphatic imine (C=N–C) groups is 1. The number of nitrogens with zero attached hydrogens (tertiary/aromatic N) is 3. The number of fused-ring (bicyclic) bond motifs is 1. The summed E-state index contributed by atoms with van der Waals surface area (Å²) in [5.74, 6) is 1.64. The molecule has 100 valence electrons. The predicted octanol–water partition coefficient (Wildman–Crippen LogP) is 3.00. The van der Waals surface area contributed by atoms with E-state index in [-0.39, 0.29) is 5.44 Å². The van der Waals surface area contributed by atoms with Gasteiger partial charge in [-0.05, 0) is 18.8 Å². The first kappa shape index (κ1) is 12.2. The number of aliphatic hydroxyl groups excluding tert-OH is 1. The minimum Gasteiger partial charge on any atom is -0.382 e. The highest BCUT2D eigenvalue weighted by Crippen LogP contribution is 2.47. The van der Waals surface area contributed by atoms with Crippen LogP contribution >= 0.6 is 11.1 Å². The zero-order valence-corrected chi connectivity index (χ0v) is 11.7. The number of hydrogen-bond acceptors (Lipinski definition) is 3. The van der Waals surface area contributed by atoms with Crippen molar-refractivity contribution in [1.82, 2.24) is 8.96 Å². The van der Waals surface area contributed by atoms with Crippen LogP contribution in [0.5, 0.6) is 0 Å². The molecule has 0 saturated heterocycles. The van der Waals surface area contributed by atoms with E-state index in [0.717, 1.165) is 23.7 Å². The van der Waals surface area contributed by atoms with Crippen molar-refractivity contribution in [3.8, 4) is 0 Å². The Bertz CT molecular complexity index is 451. The molecule has 2 aliphatic rings. The molecule has 2 atom stereocenters. The van der Waals surface area contributed by atoms with Gasteiger partial charge in [-0.25, -0.2) is 9.98 Å². The number of aromatic nitrogens is 2. The summed E-state index contributed by atoms with van der Waals surface area (Å²) < 4.78 is 2.09. The SMILES string of the molecule is CCC1=Nc2cncn2[SH]1C(O)CC1CCCC1. The van der Waals surface area contributed by atoms with E-state index >= 15 is 0 Å². The smallest absolute Gasteiger partial charge is 0.162 e. The Morgan fingerprint density at radius 3 is 3.00 bits per heavy atom. The first-order valence-corrected chi connectivity index (χ1v) is 8.23. The van der Waals surface area contributed by atoms with Gasteiger partial charge < -0.3 is 5.11 Å².